The Labute approximate surface area is 168 Å². The molecule has 8 heteroatoms. The van der Waals surface area contributed by atoms with E-state index >= 15 is 0 Å². The molecule has 28 heavy (non-hydrogen) atoms. The fourth-order valence-corrected chi connectivity index (χ4v) is 3.68. The number of amides is 1. The first-order valence-electron chi connectivity index (χ1n) is 9.02. The number of aryl methyl sites for hydroxylation is 2. The van der Waals surface area contributed by atoms with Crippen LogP contribution in [0.25, 0.3) is 0 Å². The summed E-state index contributed by atoms with van der Waals surface area (Å²) in [6, 6.07) is 10.1. The number of halogens is 1. The summed E-state index contributed by atoms with van der Waals surface area (Å²) in [4.78, 5) is 26.7. The number of nitrogens with zero attached hydrogens (tertiary/aromatic N) is 3. The van der Waals surface area contributed by atoms with Gasteiger partial charge in [0.15, 0.2) is 6.61 Å². The van der Waals surface area contributed by atoms with E-state index in [1.54, 1.807) is 17.0 Å². The van der Waals surface area contributed by atoms with Crippen molar-refractivity contribution in [3.63, 3.8) is 0 Å². The molecule has 0 radical (unpaired) electrons. The third-order valence-corrected chi connectivity index (χ3v) is 5.04. The zero-order chi connectivity index (χ0) is 20.3. The fourth-order valence-electron chi connectivity index (χ4n) is 3.35. The number of ether oxygens (including phenoxy) is 1. The maximum absolute atomic E-state index is 12.5. The van der Waals surface area contributed by atoms with Gasteiger partial charge in [-0.05, 0) is 49.2 Å². The normalized spacial score (nSPS) is 14.1. The largest absolute Gasteiger partial charge is 0.483 e. The second kappa shape index (κ2) is 8.48. The van der Waals surface area contributed by atoms with Gasteiger partial charge in [0.2, 0.25) is 0 Å². The van der Waals surface area contributed by atoms with Crippen LogP contribution in [-0.4, -0.2) is 48.5 Å². The SMILES string of the molecule is Cc1cc(Cl)cc(C)c1OCC(=O)N1CCN(c2ccc([N+](=O)[O-])cc2)CC1. The lowest BCUT2D eigenvalue weighted by molar-refractivity contribution is -0.384. The van der Waals surface area contributed by atoms with Gasteiger partial charge in [-0.15, -0.1) is 0 Å². The number of piperazine rings is 1. The zero-order valence-corrected chi connectivity index (χ0v) is 16.6. The maximum Gasteiger partial charge on any atom is 0.269 e. The molecule has 1 aliphatic heterocycles. The minimum Gasteiger partial charge on any atom is -0.483 e. The third-order valence-electron chi connectivity index (χ3n) is 4.82. The predicted octanol–water partition coefficient (Wildman–Crippen LogP) is 3.59. The Morgan fingerprint density at radius 2 is 1.68 bits per heavy atom. The Hall–Kier alpha value is -2.80. The highest BCUT2D eigenvalue weighted by Gasteiger charge is 2.22. The molecular formula is C20H22ClN3O4. The second-order valence-corrected chi connectivity index (χ2v) is 7.24. The molecule has 1 amide bonds. The summed E-state index contributed by atoms with van der Waals surface area (Å²) in [5, 5.41) is 11.4. The number of hydrogen-bond acceptors (Lipinski definition) is 5. The minimum atomic E-state index is -0.412. The monoisotopic (exact) mass is 403 g/mol. The van der Waals surface area contributed by atoms with Crippen LogP contribution in [0.4, 0.5) is 11.4 Å². The number of carbonyl (C=O) groups is 1. The Morgan fingerprint density at radius 1 is 1.11 bits per heavy atom. The van der Waals surface area contributed by atoms with Crippen molar-refractivity contribution >= 4 is 28.9 Å². The lowest BCUT2D eigenvalue weighted by Crippen LogP contribution is -2.50. The van der Waals surface area contributed by atoms with Crippen molar-refractivity contribution in [3.05, 3.63) is 62.7 Å². The van der Waals surface area contributed by atoms with Gasteiger partial charge in [-0.3, -0.25) is 14.9 Å². The molecule has 2 aromatic carbocycles. The number of anilines is 1. The molecule has 0 N–H and O–H groups in total. The van der Waals surface area contributed by atoms with Gasteiger partial charge < -0.3 is 14.5 Å². The minimum absolute atomic E-state index is 0.0131. The molecule has 0 atom stereocenters. The number of rotatable bonds is 5. The van der Waals surface area contributed by atoms with E-state index in [0.29, 0.717) is 37.0 Å². The Morgan fingerprint density at radius 3 is 2.21 bits per heavy atom. The Kier molecular flexibility index (Phi) is 6.04. The second-order valence-electron chi connectivity index (χ2n) is 6.80. The van der Waals surface area contributed by atoms with Crippen molar-refractivity contribution in [2.24, 2.45) is 0 Å². The average molecular weight is 404 g/mol. The molecule has 0 bridgehead atoms. The molecule has 1 heterocycles. The van der Waals surface area contributed by atoms with Gasteiger partial charge in [-0.2, -0.15) is 0 Å². The summed E-state index contributed by atoms with van der Waals surface area (Å²) in [6.45, 7) is 6.30. The maximum atomic E-state index is 12.5. The van der Waals surface area contributed by atoms with Crippen LogP contribution in [0.2, 0.25) is 5.02 Å². The van der Waals surface area contributed by atoms with E-state index in [1.807, 2.05) is 26.0 Å². The molecular weight excluding hydrogens is 382 g/mol. The van der Waals surface area contributed by atoms with Crippen LogP contribution in [0.3, 0.4) is 0 Å². The fraction of sp³-hybridized carbons (Fsp3) is 0.350. The van der Waals surface area contributed by atoms with Crippen LogP contribution in [0, 0.1) is 24.0 Å². The smallest absolute Gasteiger partial charge is 0.269 e. The Bertz CT molecular complexity index is 855. The first-order valence-corrected chi connectivity index (χ1v) is 9.39. The molecule has 1 aliphatic rings. The highest BCUT2D eigenvalue weighted by Crippen LogP contribution is 2.27. The van der Waals surface area contributed by atoms with E-state index in [0.717, 1.165) is 16.8 Å². The highest BCUT2D eigenvalue weighted by molar-refractivity contribution is 6.30. The van der Waals surface area contributed by atoms with Crippen molar-refractivity contribution in [2.75, 3.05) is 37.7 Å². The van der Waals surface area contributed by atoms with Crippen LogP contribution < -0.4 is 9.64 Å². The van der Waals surface area contributed by atoms with Crippen LogP contribution in [0.5, 0.6) is 5.75 Å². The van der Waals surface area contributed by atoms with Gasteiger partial charge in [0.25, 0.3) is 11.6 Å². The van der Waals surface area contributed by atoms with Crippen LogP contribution in [0.15, 0.2) is 36.4 Å². The van der Waals surface area contributed by atoms with Gasteiger partial charge in [0.05, 0.1) is 4.92 Å². The van der Waals surface area contributed by atoms with E-state index < -0.39 is 4.92 Å². The number of nitro benzene ring substituents is 1. The van der Waals surface area contributed by atoms with Gasteiger partial charge in [0, 0.05) is 49.0 Å². The number of hydrogen-bond donors (Lipinski definition) is 0. The molecule has 0 spiro atoms. The zero-order valence-electron chi connectivity index (χ0n) is 15.9. The van der Waals surface area contributed by atoms with Crippen molar-refractivity contribution < 1.29 is 14.5 Å². The number of benzene rings is 2. The van der Waals surface area contributed by atoms with Crippen molar-refractivity contribution in [2.45, 2.75) is 13.8 Å². The Balaban J connectivity index is 1.53. The van der Waals surface area contributed by atoms with Gasteiger partial charge >= 0.3 is 0 Å². The molecule has 0 aromatic heterocycles. The average Bonchev–Trinajstić information content (AvgIpc) is 2.67. The molecule has 7 nitrogen and oxygen atoms in total. The molecule has 0 unspecified atom stereocenters. The topological polar surface area (TPSA) is 75.9 Å². The van der Waals surface area contributed by atoms with Gasteiger partial charge in [0.1, 0.15) is 5.75 Å². The molecule has 3 rings (SSSR count). The van der Waals surface area contributed by atoms with E-state index in [1.165, 1.54) is 12.1 Å². The number of nitro groups is 1. The van der Waals surface area contributed by atoms with Gasteiger partial charge in [-0.25, -0.2) is 0 Å². The van der Waals surface area contributed by atoms with Gasteiger partial charge in [-0.1, -0.05) is 11.6 Å². The summed E-state index contributed by atoms with van der Waals surface area (Å²) >= 11 is 6.03. The van der Waals surface area contributed by atoms with E-state index in [2.05, 4.69) is 4.90 Å². The van der Waals surface area contributed by atoms with Crippen LogP contribution in [-0.2, 0) is 4.79 Å². The summed E-state index contributed by atoms with van der Waals surface area (Å²) in [5.41, 5.74) is 2.80. The standard InChI is InChI=1S/C20H22ClN3O4/c1-14-11-16(21)12-15(2)20(14)28-13-19(25)23-9-7-22(8-10-23)17-3-5-18(6-4-17)24(26)27/h3-6,11-12H,7-10,13H2,1-2H3. The highest BCUT2D eigenvalue weighted by atomic mass is 35.5. The summed E-state index contributed by atoms with van der Waals surface area (Å²) in [6.07, 6.45) is 0. The molecule has 148 valence electrons. The molecule has 0 saturated carbocycles. The number of carbonyl (C=O) groups excluding carboxylic acids is 1. The molecule has 1 fully saturated rings. The first-order chi connectivity index (χ1) is 13.3. The summed E-state index contributed by atoms with van der Waals surface area (Å²) in [7, 11) is 0. The van der Waals surface area contributed by atoms with Crippen molar-refractivity contribution in [1.29, 1.82) is 0 Å². The summed E-state index contributed by atoms with van der Waals surface area (Å²) in [5.74, 6) is 0.638. The molecule has 1 saturated heterocycles. The van der Waals surface area contributed by atoms with Crippen LogP contribution >= 0.6 is 11.6 Å². The summed E-state index contributed by atoms with van der Waals surface area (Å²) < 4.78 is 5.76. The van der Waals surface area contributed by atoms with E-state index in [4.69, 9.17) is 16.3 Å². The van der Waals surface area contributed by atoms with E-state index in [9.17, 15) is 14.9 Å². The molecule has 0 aliphatic carbocycles. The predicted molar refractivity (Wildman–Crippen MR) is 108 cm³/mol. The third kappa shape index (κ3) is 4.54. The van der Waals surface area contributed by atoms with Crippen molar-refractivity contribution in [3.8, 4) is 5.75 Å². The first kappa shape index (κ1) is 19.9. The molecule has 2 aromatic rings. The van der Waals surface area contributed by atoms with E-state index in [-0.39, 0.29) is 18.2 Å². The quantitative estimate of drug-likeness (QED) is 0.563. The lowest BCUT2D eigenvalue weighted by Gasteiger charge is -2.36. The number of non-ortho nitro benzene ring substituents is 1. The lowest BCUT2D eigenvalue weighted by atomic mass is 10.1. The van der Waals surface area contributed by atoms with Crippen LogP contribution in [0.1, 0.15) is 11.1 Å². The van der Waals surface area contributed by atoms with Crippen molar-refractivity contribution in [1.82, 2.24) is 4.90 Å².